The molecule has 0 radical (unpaired) electrons. The van der Waals surface area contributed by atoms with Crippen LogP contribution in [-0.4, -0.2) is 25.1 Å². The Bertz CT molecular complexity index is 474. The third kappa shape index (κ3) is 5.67. The second-order valence-electron chi connectivity index (χ2n) is 5.12. The van der Waals surface area contributed by atoms with Gasteiger partial charge >= 0.3 is 0 Å². The minimum atomic E-state index is -0.0790. The van der Waals surface area contributed by atoms with Crippen LogP contribution in [0.25, 0.3) is 0 Å². The molecule has 0 unspecified atom stereocenters. The maximum absolute atomic E-state index is 11.9. The topological polar surface area (TPSA) is 64.3 Å². The standard InChI is InChI=1S/C16H25BrN2O2/c1-4-14(5-2)19-15(20)10-21-16-11(3)8-13(17)9-12(16)6-7-18/h8-9,14H,4-7,10,18H2,1-3H3,(H,19,20). The molecule has 0 aliphatic carbocycles. The molecule has 1 aromatic carbocycles. The predicted molar refractivity (Wildman–Crippen MR) is 89.6 cm³/mol. The lowest BCUT2D eigenvalue weighted by Crippen LogP contribution is -2.37. The van der Waals surface area contributed by atoms with Crippen LogP contribution in [0.4, 0.5) is 0 Å². The van der Waals surface area contributed by atoms with Gasteiger partial charge in [0.25, 0.3) is 5.91 Å². The molecule has 5 heteroatoms. The molecule has 0 saturated carbocycles. The minimum Gasteiger partial charge on any atom is -0.483 e. The third-order valence-electron chi connectivity index (χ3n) is 3.43. The van der Waals surface area contributed by atoms with Crippen molar-refractivity contribution < 1.29 is 9.53 Å². The average molecular weight is 357 g/mol. The molecule has 0 atom stereocenters. The quantitative estimate of drug-likeness (QED) is 0.752. The number of nitrogens with two attached hydrogens (primary N) is 1. The van der Waals surface area contributed by atoms with Crippen molar-refractivity contribution in [3.63, 3.8) is 0 Å². The lowest BCUT2D eigenvalue weighted by atomic mass is 10.1. The molecule has 118 valence electrons. The molecule has 1 rings (SSSR count). The number of carbonyl (C=O) groups excluding carboxylic acids is 1. The Morgan fingerprint density at radius 1 is 1.38 bits per heavy atom. The van der Waals surface area contributed by atoms with Crippen molar-refractivity contribution in [1.29, 1.82) is 0 Å². The SMILES string of the molecule is CCC(CC)NC(=O)COc1c(C)cc(Br)cc1CCN. The summed E-state index contributed by atoms with van der Waals surface area (Å²) in [5.74, 6) is 0.688. The summed E-state index contributed by atoms with van der Waals surface area (Å²) >= 11 is 3.47. The molecule has 21 heavy (non-hydrogen) atoms. The maximum Gasteiger partial charge on any atom is 0.258 e. The van der Waals surface area contributed by atoms with E-state index in [2.05, 4.69) is 35.1 Å². The average Bonchev–Trinajstić information content (AvgIpc) is 2.44. The number of nitrogens with one attached hydrogen (secondary N) is 1. The number of carbonyl (C=O) groups is 1. The van der Waals surface area contributed by atoms with Gasteiger partial charge in [0.15, 0.2) is 6.61 Å². The monoisotopic (exact) mass is 356 g/mol. The third-order valence-corrected chi connectivity index (χ3v) is 3.89. The van der Waals surface area contributed by atoms with Crippen LogP contribution in [0.3, 0.4) is 0 Å². The molecule has 0 heterocycles. The van der Waals surface area contributed by atoms with Gasteiger partial charge in [-0.15, -0.1) is 0 Å². The molecule has 1 amide bonds. The van der Waals surface area contributed by atoms with Crippen molar-refractivity contribution in [2.45, 2.75) is 46.1 Å². The zero-order valence-electron chi connectivity index (χ0n) is 13.0. The Hall–Kier alpha value is -1.07. The van der Waals surface area contributed by atoms with Gasteiger partial charge in [0.1, 0.15) is 5.75 Å². The molecule has 0 spiro atoms. The Balaban J connectivity index is 2.72. The highest BCUT2D eigenvalue weighted by Crippen LogP contribution is 2.28. The summed E-state index contributed by atoms with van der Waals surface area (Å²) in [5.41, 5.74) is 7.67. The van der Waals surface area contributed by atoms with Crippen molar-refractivity contribution >= 4 is 21.8 Å². The van der Waals surface area contributed by atoms with Gasteiger partial charge < -0.3 is 15.8 Å². The van der Waals surface area contributed by atoms with E-state index in [1.165, 1.54) is 0 Å². The molecule has 0 bridgehead atoms. The number of rotatable bonds is 8. The number of aryl methyl sites for hydroxylation is 1. The van der Waals surface area contributed by atoms with E-state index in [0.717, 1.165) is 40.6 Å². The first-order chi connectivity index (χ1) is 10.0. The first kappa shape index (κ1) is 18.0. The first-order valence-electron chi connectivity index (χ1n) is 7.43. The molecular weight excluding hydrogens is 332 g/mol. The summed E-state index contributed by atoms with van der Waals surface area (Å²) < 4.78 is 6.74. The lowest BCUT2D eigenvalue weighted by Gasteiger charge is -2.17. The Kier molecular flexibility index (Phi) is 7.75. The van der Waals surface area contributed by atoms with Gasteiger partial charge in [-0.3, -0.25) is 4.79 Å². The zero-order chi connectivity index (χ0) is 15.8. The fourth-order valence-corrected chi connectivity index (χ4v) is 2.87. The minimum absolute atomic E-state index is 0.0382. The maximum atomic E-state index is 11.9. The number of halogens is 1. The summed E-state index contributed by atoms with van der Waals surface area (Å²) in [4.78, 5) is 11.9. The summed E-state index contributed by atoms with van der Waals surface area (Å²) in [5, 5.41) is 2.97. The number of benzene rings is 1. The fraction of sp³-hybridized carbons (Fsp3) is 0.562. The van der Waals surface area contributed by atoms with Crippen molar-refractivity contribution in [1.82, 2.24) is 5.32 Å². The van der Waals surface area contributed by atoms with Crippen molar-refractivity contribution in [3.8, 4) is 5.75 Å². The number of hydrogen-bond donors (Lipinski definition) is 2. The summed E-state index contributed by atoms with van der Waals surface area (Å²) in [6, 6.07) is 4.19. The molecule has 1 aromatic rings. The summed E-state index contributed by atoms with van der Waals surface area (Å²) in [6.07, 6.45) is 2.58. The van der Waals surface area contributed by atoms with E-state index in [9.17, 15) is 4.79 Å². The van der Waals surface area contributed by atoms with Crippen LogP contribution in [0, 0.1) is 6.92 Å². The van der Waals surface area contributed by atoms with E-state index in [1.54, 1.807) is 0 Å². The highest BCUT2D eigenvalue weighted by atomic mass is 79.9. The van der Waals surface area contributed by atoms with Crippen LogP contribution in [0.1, 0.15) is 37.8 Å². The van der Waals surface area contributed by atoms with E-state index in [0.29, 0.717) is 6.54 Å². The Morgan fingerprint density at radius 2 is 2.05 bits per heavy atom. The second kappa shape index (κ2) is 9.05. The van der Waals surface area contributed by atoms with Gasteiger partial charge in [0.05, 0.1) is 0 Å². The lowest BCUT2D eigenvalue weighted by molar-refractivity contribution is -0.123. The second-order valence-corrected chi connectivity index (χ2v) is 6.03. The van der Waals surface area contributed by atoms with Gasteiger partial charge in [-0.05, 0) is 56.0 Å². The van der Waals surface area contributed by atoms with Gasteiger partial charge in [0, 0.05) is 10.5 Å². The van der Waals surface area contributed by atoms with Gasteiger partial charge in [-0.2, -0.15) is 0 Å². The van der Waals surface area contributed by atoms with Crippen LogP contribution < -0.4 is 15.8 Å². The van der Waals surface area contributed by atoms with Crippen molar-refractivity contribution in [2.24, 2.45) is 5.73 Å². The van der Waals surface area contributed by atoms with Gasteiger partial charge in [-0.25, -0.2) is 0 Å². The molecule has 0 saturated heterocycles. The first-order valence-corrected chi connectivity index (χ1v) is 8.22. The van der Waals surface area contributed by atoms with Crippen LogP contribution in [-0.2, 0) is 11.2 Å². The molecule has 4 nitrogen and oxygen atoms in total. The van der Waals surface area contributed by atoms with E-state index >= 15 is 0 Å². The largest absolute Gasteiger partial charge is 0.483 e. The van der Waals surface area contributed by atoms with Crippen LogP contribution in [0.15, 0.2) is 16.6 Å². The summed E-state index contributed by atoms with van der Waals surface area (Å²) in [6.45, 7) is 6.68. The normalized spacial score (nSPS) is 10.8. The molecule has 0 fully saturated rings. The molecule has 0 aliphatic heterocycles. The van der Waals surface area contributed by atoms with Crippen molar-refractivity contribution in [3.05, 3.63) is 27.7 Å². The van der Waals surface area contributed by atoms with Gasteiger partial charge in [0.2, 0.25) is 0 Å². The van der Waals surface area contributed by atoms with Gasteiger partial charge in [-0.1, -0.05) is 29.8 Å². The van der Waals surface area contributed by atoms with E-state index < -0.39 is 0 Å². The molecule has 0 aromatic heterocycles. The predicted octanol–water partition coefficient (Wildman–Crippen LogP) is 2.94. The fourth-order valence-electron chi connectivity index (χ4n) is 2.25. The Morgan fingerprint density at radius 3 is 2.62 bits per heavy atom. The smallest absolute Gasteiger partial charge is 0.258 e. The zero-order valence-corrected chi connectivity index (χ0v) is 14.6. The highest BCUT2D eigenvalue weighted by Gasteiger charge is 2.12. The Labute approximate surface area is 135 Å². The molecule has 0 aliphatic rings. The van der Waals surface area contributed by atoms with Crippen molar-refractivity contribution in [2.75, 3.05) is 13.2 Å². The number of ether oxygens (including phenoxy) is 1. The number of amides is 1. The van der Waals surface area contributed by atoms with Crippen LogP contribution >= 0.6 is 15.9 Å². The van der Waals surface area contributed by atoms with Crippen LogP contribution in [0.5, 0.6) is 5.75 Å². The number of hydrogen-bond acceptors (Lipinski definition) is 3. The highest BCUT2D eigenvalue weighted by molar-refractivity contribution is 9.10. The van der Waals surface area contributed by atoms with E-state index in [-0.39, 0.29) is 18.6 Å². The van der Waals surface area contributed by atoms with E-state index in [1.807, 2.05) is 19.1 Å². The van der Waals surface area contributed by atoms with E-state index in [4.69, 9.17) is 10.5 Å². The molecular formula is C16H25BrN2O2. The van der Waals surface area contributed by atoms with Crippen LogP contribution in [0.2, 0.25) is 0 Å². The summed E-state index contributed by atoms with van der Waals surface area (Å²) in [7, 11) is 0. The molecule has 3 N–H and O–H groups in total.